The molecule has 5 rings (SSSR count). The Labute approximate surface area is 156 Å². The fourth-order valence-electron chi connectivity index (χ4n) is 4.23. The number of ketones is 2. The number of nitrogens with one attached hydrogen (secondary N) is 1. The highest BCUT2D eigenvalue weighted by Crippen LogP contribution is 2.42. The number of Topliss-reactive ketones (excluding diaryl/α,β-unsaturated/α-hetero) is 2. The second kappa shape index (κ2) is 6.06. The van der Waals surface area contributed by atoms with E-state index in [1.54, 1.807) is 12.1 Å². The Hall–Kier alpha value is -3.46. The molecule has 1 aliphatic carbocycles. The van der Waals surface area contributed by atoms with Gasteiger partial charge in [0.1, 0.15) is 0 Å². The zero-order valence-electron chi connectivity index (χ0n) is 14.6. The molecule has 1 N–H and O–H groups in total. The molecule has 27 heavy (non-hydrogen) atoms. The number of rotatable bonds is 3. The lowest BCUT2D eigenvalue weighted by atomic mass is 9.78. The first-order valence-corrected chi connectivity index (χ1v) is 9.04. The van der Waals surface area contributed by atoms with E-state index in [0.29, 0.717) is 11.1 Å². The van der Waals surface area contributed by atoms with Crippen molar-refractivity contribution in [2.45, 2.75) is 5.92 Å². The van der Waals surface area contributed by atoms with E-state index in [9.17, 15) is 9.59 Å². The second-order valence-electron chi connectivity index (χ2n) is 6.93. The Balaban J connectivity index is 1.73. The van der Waals surface area contributed by atoms with Crippen molar-refractivity contribution in [3.63, 3.8) is 0 Å². The molecule has 0 saturated heterocycles. The normalized spacial score (nSPS) is 15.3. The van der Waals surface area contributed by atoms with Gasteiger partial charge < -0.3 is 4.98 Å². The molecule has 0 saturated carbocycles. The molecule has 1 aromatic heterocycles. The van der Waals surface area contributed by atoms with Gasteiger partial charge in [-0.25, -0.2) is 0 Å². The van der Waals surface area contributed by atoms with Crippen LogP contribution in [0.1, 0.15) is 37.8 Å². The van der Waals surface area contributed by atoms with Crippen LogP contribution >= 0.6 is 0 Å². The molecule has 0 unspecified atom stereocenters. The third-order valence-corrected chi connectivity index (χ3v) is 5.47. The maximum absolute atomic E-state index is 13.2. The zero-order chi connectivity index (χ0) is 18.4. The standard InChI is InChI=1S/C24H17NO2/c26-23-17-11-4-5-12-18(17)24(27)22(23)21(15-8-2-1-3-9-15)19-14-25-20-13-7-6-10-16(19)20/h1-14,21-22,25H/t21-/m0/s1. The number of para-hydroxylation sites is 1. The van der Waals surface area contributed by atoms with Crippen LogP contribution in [0.25, 0.3) is 10.9 Å². The molecule has 1 atom stereocenters. The summed E-state index contributed by atoms with van der Waals surface area (Å²) in [4.78, 5) is 29.7. The van der Waals surface area contributed by atoms with Gasteiger partial charge in [-0.15, -0.1) is 0 Å². The third kappa shape index (κ3) is 2.36. The lowest BCUT2D eigenvalue weighted by Gasteiger charge is -2.22. The summed E-state index contributed by atoms with van der Waals surface area (Å²) in [5.74, 6) is -1.23. The average molecular weight is 351 g/mol. The predicted octanol–water partition coefficient (Wildman–Crippen LogP) is 5.00. The van der Waals surface area contributed by atoms with Crippen LogP contribution in [0.3, 0.4) is 0 Å². The Morgan fingerprint density at radius 3 is 2.00 bits per heavy atom. The minimum Gasteiger partial charge on any atom is -0.361 e. The van der Waals surface area contributed by atoms with Crippen LogP contribution in [-0.4, -0.2) is 16.6 Å². The van der Waals surface area contributed by atoms with E-state index in [2.05, 4.69) is 4.98 Å². The van der Waals surface area contributed by atoms with Gasteiger partial charge in [-0.1, -0.05) is 72.8 Å². The first-order chi connectivity index (χ1) is 13.3. The van der Waals surface area contributed by atoms with E-state index < -0.39 is 5.92 Å². The minimum absolute atomic E-state index is 0.0882. The van der Waals surface area contributed by atoms with Crippen LogP contribution in [0.5, 0.6) is 0 Å². The molecule has 1 aliphatic rings. The molecule has 0 radical (unpaired) electrons. The maximum Gasteiger partial charge on any atom is 0.175 e. The first-order valence-electron chi connectivity index (χ1n) is 9.04. The Bertz CT molecular complexity index is 1140. The van der Waals surface area contributed by atoms with Gasteiger partial charge in [0.25, 0.3) is 0 Å². The van der Waals surface area contributed by atoms with Crippen molar-refractivity contribution in [2.24, 2.45) is 5.92 Å². The van der Waals surface area contributed by atoms with E-state index >= 15 is 0 Å². The summed E-state index contributed by atoms with van der Waals surface area (Å²) in [5.41, 5.74) is 4.03. The largest absolute Gasteiger partial charge is 0.361 e. The van der Waals surface area contributed by atoms with Crippen LogP contribution in [0.2, 0.25) is 0 Å². The molecular weight excluding hydrogens is 334 g/mol. The van der Waals surface area contributed by atoms with Crippen LogP contribution in [0.4, 0.5) is 0 Å². The number of hydrogen-bond donors (Lipinski definition) is 1. The van der Waals surface area contributed by atoms with E-state index in [4.69, 9.17) is 0 Å². The van der Waals surface area contributed by atoms with Crippen LogP contribution in [0, 0.1) is 5.92 Å². The molecule has 0 amide bonds. The molecule has 0 spiro atoms. The highest BCUT2D eigenvalue weighted by molar-refractivity contribution is 6.27. The van der Waals surface area contributed by atoms with Crippen molar-refractivity contribution < 1.29 is 9.59 Å². The van der Waals surface area contributed by atoms with Crippen molar-refractivity contribution in [1.29, 1.82) is 0 Å². The topological polar surface area (TPSA) is 49.9 Å². The molecule has 0 fully saturated rings. The molecule has 1 heterocycles. The number of carbonyl (C=O) groups excluding carboxylic acids is 2. The molecule has 3 aromatic carbocycles. The maximum atomic E-state index is 13.2. The van der Waals surface area contributed by atoms with E-state index in [1.807, 2.05) is 72.9 Å². The molecular formula is C24H17NO2. The summed E-state index contributed by atoms with van der Waals surface area (Å²) in [6, 6.07) is 25.0. The number of aromatic nitrogens is 1. The van der Waals surface area contributed by atoms with Gasteiger partial charge in [0, 0.05) is 34.1 Å². The van der Waals surface area contributed by atoms with Gasteiger partial charge >= 0.3 is 0 Å². The van der Waals surface area contributed by atoms with Gasteiger partial charge in [-0.05, 0) is 17.2 Å². The van der Waals surface area contributed by atoms with Crippen LogP contribution < -0.4 is 0 Å². The van der Waals surface area contributed by atoms with E-state index in [1.165, 1.54) is 0 Å². The monoisotopic (exact) mass is 351 g/mol. The Morgan fingerprint density at radius 2 is 1.30 bits per heavy atom. The van der Waals surface area contributed by atoms with Crippen molar-refractivity contribution in [3.8, 4) is 0 Å². The number of aromatic amines is 1. The summed E-state index contributed by atoms with van der Waals surface area (Å²) >= 11 is 0. The predicted molar refractivity (Wildman–Crippen MR) is 105 cm³/mol. The Kier molecular flexibility index (Phi) is 3.54. The second-order valence-corrected chi connectivity index (χ2v) is 6.93. The fraction of sp³-hybridized carbons (Fsp3) is 0.0833. The average Bonchev–Trinajstić information content (AvgIpc) is 3.25. The van der Waals surface area contributed by atoms with Gasteiger partial charge in [0.05, 0.1) is 5.92 Å². The highest BCUT2D eigenvalue weighted by atomic mass is 16.2. The lowest BCUT2D eigenvalue weighted by Crippen LogP contribution is -2.24. The number of hydrogen-bond acceptors (Lipinski definition) is 2. The number of carbonyl (C=O) groups is 2. The first kappa shape index (κ1) is 15.8. The van der Waals surface area contributed by atoms with Gasteiger partial charge in [0.2, 0.25) is 0 Å². The Morgan fingerprint density at radius 1 is 0.704 bits per heavy atom. The van der Waals surface area contributed by atoms with Crippen LogP contribution in [0.15, 0.2) is 85.1 Å². The molecule has 130 valence electrons. The number of H-pyrrole nitrogens is 1. The third-order valence-electron chi connectivity index (χ3n) is 5.47. The van der Waals surface area contributed by atoms with E-state index in [-0.39, 0.29) is 17.5 Å². The smallest absolute Gasteiger partial charge is 0.175 e. The van der Waals surface area contributed by atoms with Gasteiger partial charge in [-0.2, -0.15) is 0 Å². The molecule has 4 aromatic rings. The van der Waals surface area contributed by atoms with Crippen molar-refractivity contribution in [2.75, 3.05) is 0 Å². The SMILES string of the molecule is O=C1c2ccccc2C(=O)C1[C@@H](c1ccccc1)c1c[nH]c2ccccc12. The summed E-state index contributed by atoms with van der Waals surface area (Å²) in [5, 5.41) is 1.04. The van der Waals surface area contributed by atoms with Crippen molar-refractivity contribution >= 4 is 22.5 Å². The van der Waals surface area contributed by atoms with Crippen molar-refractivity contribution in [1.82, 2.24) is 4.98 Å². The summed E-state index contributed by atoms with van der Waals surface area (Å²) in [6.45, 7) is 0. The molecule has 3 nitrogen and oxygen atoms in total. The summed E-state index contributed by atoms with van der Waals surface area (Å²) in [6.07, 6.45) is 1.94. The molecule has 0 aliphatic heterocycles. The number of fused-ring (bicyclic) bond motifs is 2. The summed E-state index contributed by atoms with van der Waals surface area (Å²) < 4.78 is 0. The van der Waals surface area contributed by atoms with Crippen molar-refractivity contribution in [3.05, 3.63) is 107 Å². The lowest BCUT2D eigenvalue weighted by molar-refractivity contribution is 0.0825. The molecule has 3 heteroatoms. The minimum atomic E-state index is -0.732. The zero-order valence-corrected chi connectivity index (χ0v) is 14.6. The highest BCUT2D eigenvalue weighted by Gasteiger charge is 2.44. The van der Waals surface area contributed by atoms with Gasteiger partial charge in [-0.3, -0.25) is 9.59 Å². The summed E-state index contributed by atoms with van der Waals surface area (Å²) in [7, 11) is 0. The van der Waals surface area contributed by atoms with Gasteiger partial charge in [0.15, 0.2) is 11.6 Å². The number of benzene rings is 3. The van der Waals surface area contributed by atoms with E-state index in [0.717, 1.165) is 22.0 Å². The molecule has 0 bridgehead atoms. The fourth-order valence-corrected chi connectivity index (χ4v) is 4.23. The van der Waals surface area contributed by atoms with Crippen LogP contribution in [-0.2, 0) is 0 Å². The quantitative estimate of drug-likeness (QED) is 0.528.